The van der Waals surface area contributed by atoms with E-state index in [1.807, 2.05) is 0 Å². The van der Waals surface area contributed by atoms with E-state index in [-0.39, 0.29) is 12.4 Å². The average Bonchev–Trinajstić information content (AvgIpc) is 2.83. The van der Waals surface area contributed by atoms with Gasteiger partial charge >= 0.3 is 5.97 Å². The van der Waals surface area contributed by atoms with Crippen LogP contribution in [0.2, 0.25) is 0 Å². The summed E-state index contributed by atoms with van der Waals surface area (Å²) in [5.74, 6) is -0.371. The number of carbonyl (C=O) groups excluding carboxylic acids is 1. The van der Waals surface area contributed by atoms with E-state index >= 15 is 0 Å². The zero-order valence-electron chi connectivity index (χ0n) is 9.05. The lowest BCUT2D eigenvalue weighted by atomic mass is 10.2. The Labute approximate surface area is 98.0 Å². The number of anilines is 2. The number of nitrogen functional groups attached to an aromatic ring is 2. The fourth-order valence-corrected chi connectivity index (χ4v) is 1.36. The molecule has 1 heterocycles. The smallest absolute Gasteiger partial charge is 0.374 e. The standard InChI is InChI=1S/C12H12N2O3/c13-9-3-4-10(14)8(6-9)7-17-12(15)11-2-1-5-16-11/h1-6H,7,13-14H2. The minimum absolute atomic E-state index is 0.0659. The Morgan fingerprint density at radius 3 is 2.82 bits per heavy atom. The fourth-order valence-electron chi connectivity index (χ4n) is 1.36. The molecule has 0 aliphatic heterocycles. The highest BCUT2D eigenvalue weighted by Gasteiger charge is 2.10. The first-order valence-corrected chi connectivity index (χ1v) is 5.01. The van der Waals surface area contributed by atoms with Crippen molar-refractivity contribution < 1.29 is 13.9 Å². The Balaban J connectivity index is 2.03. The van der Waals surface area contributed by atoms with E-state index in [4.69, 9.17) is 20.6 Å². The van der Waals surface area contributed by atoms with Gasteiger partial charge in [-0.15, -0.1) is 0 Å². The van der Waals surface area contributed by atoms with Crippen molar-refractivity contribution in [2.24, 2.45) is 0 Å². The van der Waals surface area contributed by atoms with Gasteiger partial charge in [-0.05, 0) is 30.3 Å². The topological polar surface area (TPSA) is 91.5 Å². The van der Waals surface area contributed by atoms with E-state index in [0.29, 0.717) is 16.9 Å². The van der Waals surface area contributed by atoms with Crippen molar-refractivity contribution in [1.29, 1.82) is 0 Å². The second-order valence-electron chi connectivity index (χ2n) is 3.51. The van der Waals surface area contributed by atoms with E-state index in [2.05, 4.69) is 0 Å². The molecule has 0 aliphatic rings. The van der Waals surface area contributed by atoms with Crippen LogP contribution < -0.4 is 11.5 Å². The van der Waals surface area contributed by atoms with E-state index in [1.54, 1.807) is 24.3 Å². The summed E-state index contributed by atoms with van der Waals surface area (Å²) in [6.45, 7) is 0.0659. The lowest BCUT2D eigenvalue weighted by Crippen LogP contribution is -2.06. The van der Waals surface area contributed by atoms with Crippen molar-refractivity contribution >= 4 is 17.3 Å². The summed E-state index contributed by atoms with van der Waals surface area (Å²) in [5.41, 5.74) is 13.1. The molecular formula is C12H12N2O3. The minimum Gasteiger partial charge on any atom is -0.457 e. The van der Waals surface area contributed by atoms with Crippen LogP contribution >= 0.6 is 0 Å². The largest absolute Gasteiger partial charge is 0.457 e. The first-order valence-electron chi connectivity index (χ1n) is 5.01. The van der Waals surface area contributed by atoms with Crippen molar-refractivity contribution in [3.63, 3.8) is 0 Å². The quantitative estimate of drug-likeness (QED) is 0.622. The molecule has 0 saturated carbocycles. The summed E-state index contributed by atoms with van der Waals surface area (Å²) >= 11 is 0. The molecule has 4 N–H and O–H groups in total. The molecule has 5 nitrogen and oxygen atoms in total. The molecule has 0 unspecified atom stereocenters. The Morgan fingerprint density at radius 1 is 1.29 bits per heavy atom. The van der Waals surface area contributed by atoms with Crippen LogP contribution in [0, 0.1) is 0 Å². The van der Waals surface area contributed by atoms with Crippen LogP contribution in [0.4, 0.5) is 11.4 Å². The van der Waals surface area contributed by atoms with Crippen LogP contribution in [-0.4, -0.2) is 5.97 Å². The number of carbonyl (C=O) groups is 1. The summed E-state index contributed by atoms with van der Waals surface area (Å²) < 4.78 is 9.95. The van der Waals surface area contributed by atoms with E-state index < -0.39 is 5.97 Å². The monoisotopic (exact) mass is 232 g/mol. The number of hydrogen-bond acceptors (Lipinski definition) is 5. The molecule has 0 amide bonds. The number of nitrogens with two attached hydrogens (primary N) is 2. The zero-order chi connectivity index (χ0) is 12.3. The van der Waals surface area contributed by atoms with Crippen LogP contribution in [0.3, 0.4) is 0 Å². The highest BCUT2D eigenvalue weighted by Crippen LogP contribution is 2.17. The van der Waals surface area contributed by atoms with Crippen LogP contribution in [0.5, 0.6) is 0 Å². The lowest BCUT2D eigenvalue weighted by molar-refractivity contribution is 0.0437. The van der Waals surface area contributed by atoms with E-state index in [0.717, 1.165) is 0 Å². The minimum atomic E-state index is -0.531. The van der Waals surface area contributed by atoms with Gasteiger partial charge in [-0.2, -0.15) is 0 Å². The fraction of sp³-hybridized carbons (Fsp3) is 0.0833. The Kier molecular flexibility index (Phi) is 3.00. The average molecular weight is 232 g/mol. The van der Waals surface area contributed by atoms with Crippen LogP contribution in [0.15, 0.2) is 41.0 Å². The molecule has 1 aromatic carbocycles. The van der Waals surface area contributed by atoms with Gasteiger partial charge < -0.3 is 20.6 Å². The van der Waals surface area contributed by atoms with E-state index in [9.17, 15) is 4.79 Å². The molecule has 0 bridgehead atoms. The predicted molar refractivity (Wildman–Crippen MR) is 63.1 cm³/mol. The molecule has 2 rings (SSSR count). The molecule has 17 heavy (non-hydrogen) atoms. The predicted octanol–water partition coefficient (Wildman–Crippen LogP) is 1.80. The third kappa shape index (κ3) is 2.57. The number of furan rings is 1. The third-order valence-corrected chi connectivity index (χ3v) is 2.25. The summed E-state index contributed by atoms with van der Waals surface area (Å²) in [6.07, 6.45) is 1.41. The maximum absolute atomic E-state index is 11.5. The molecule has 2 aromatic rings. The Hall–Kier alpha value is -2.43. The highest BCUT2D eigenvalue weighted by atomic mass is 16.5. The second-order valence-corrected chi connectivity index (χ2v) is 3.51. The van der Waals surface area contributed by atoms with Crippen molar-refractivity contribution in [3.8, 4) is 0 Å². The number of benzene rings is 1. The Morgan fingerprint density at radius 2 is 2.12 bits per heavy atom. The van der Waals surface area contributed by atoms with Gasteiger partial charge in [-0.25, -0.2) is 4.79 Å². The number of rotatable bonds is 3. The molecule has 0 atom stereocenters. The van der Waals surface area contributed by atoms with Crippen molar-refractivity contribution in [2.75, 3.05) is 11.5 Å². The summed E-state index contributed by atoms with van der Waals surface area (Å²) in [4.78, 5) is 11.5. The third-order valence-electron chi connectivity index (χ3n) is 2.25. The zero-order valence-corrected chi connectivity index (χ0v) is 9.05. The molecule has 0 radical (unpaired) electrons. The second kappa shape index (κ2) is 4.61. The normalized spacial score (nSPS) is 10.1. The molecular weight excluding hydrogens is 220 g/mol. The maximum Gasteiger partial charge on any atom is 0.374 e. The van der Waals surface area contributed by atoms with Gasteiger partial charge in [0.1, 0.15) is 6.61 Å². The first kappa shape index (κ1) is 11.1. The summed E-state index contributed by atoms with van der Waals surface area (Å²) in [6, 6.07) is 8.18. The number of esters is 1. The van der Waals surface area contributed by atoms with Crippen LogP contribution in [-0.2, 0) is 11.3 Å². The van der Waals surface area contributed by atoms with Gasteiger partial charge in [0.05, 0.1) is 6.26 Å². The summed E-state index contributed by atoms with van der Waals surface area (Å²) in [7, 11) is 0. The molecule has 88 valence electrons. The van der Waals surface area contributed by atoms with Crippen molar-refractivity contribution in [3.05, 3.63) is 47.9 Å². The molecule has 0 saturated heterocycles. The van der Waals surface area contributed by atoms with Crippen LogP contribution in [0.25, 0.3) is 0 Å². The molecule has 5 heteroatoms. The molecule has 0 spiro atoms. The van der Waals surface area contributed by atoms with Crippen molar-refractivity contribution in [2.45, 2.75) is 6.61 Å². The van der Waals surface area contributed by atoms with Gasteiger partial charge in [0.25, 0.3) is 0 Å². The molecule has 1 aromatic heterocycles. The van der Waals surface area contributed by atoms with E-state index in [1.165, 1.54) is 12.3 Å². The maximum atomic E-state index is 11.5. The highest BCUT2D eigenvalue weighted by molar-refractivity contribution is 5.86. The first-order chi connectivity index (χ1) is 8.16. The van der Waals surface area contributed by atoms with Gasteiger partial charge in [-0.3, -0.25) is 0 Å². The summed E-state index contributed by atoms with van der Waals surface area (Å²) in [5, 5.41) is 0. The SMILES string of the molecule is Nc1ccc(N)c(COC(=O)c2ccco2)c1. The van der Waals surface area contributed by atoms with Gasteiger partial charge in [0, 0.05) is 16.9 Å². The molecule has 0 aliphatic carbocycles. The van der Waals surface area contributed by atoms with Crippen molar-refractivity contribution in [1.82, 2.24) is 0 Å². The number of hydrogen-bond donors (Lipinski definition) is 2. The van der Waals surface area contributed by atoms with Gasteiger partial charge in [-0.1, -0.05) is 0 Å². The Bertz CT molecular complexity index is 521. The van der Waals surface area contributed by atoms with Gasteiger partial charge in [0.15, 0.2) is 0 Å². The molecule has 0 fully saturated rings. The van der Waals surface area contributed by atoms with Gasteiger partial charge in [0.2, 0.25) is 5.76 Å². The lowest BCUT2D eigenvalue weighted by Gasteiger charge is -2.07. The van der Waals surface area contributed by atoms with Crippen LogP contribution in [0.1, 0.15) is 16.1 Å². The number of ether oxygens (including phenoxy) is 1.